The summed E-state index contributed by atoms with van der Waals surface area (Å²) in [5.41, 5.74) is 1.64. The number of amides is 2. The molecule has 0 fully saturated rings. The number of hydrogen-bond donors (Lipinski definition) is 1. The van der Waals surface area contributed by atoms with Gasteiger partial charge < -0.3 is 10.2 Å². The summed E-state index contributed by atoms with van der Waals surface area (Å²) < 4.78 is 0. The fourth-order valence-electron chi connectivity index (χ4n) is 1.74. The van der Waals surface area contributed by atoms with E-state index in [4.69, 9.17) is 11.6 Å². The lowest BCUT2D eigenvalue weighted by atomic mass is 10.0. The molecule has 0 saturated heterocycles. The lowest BCUT2D eigenvalue weighted by Crippen LogP contribution is -2.27. The van der Waals surface area contributed by atoms with Crippen molar-refractivity contribution in [3.63, 3.8) is 0 Å². The minimum atomic E-state index is -0.244. The summed E-state index contributed by atoms with van der Waals surface area (Å²) in [4.78, 5) is 25.4. The van der Waals surface area contributed by atoms with Crippen LogP contribution in [0.1, 0.15) is 15.9 Å². The van der Waals surface area contributed by atoms with E-state index in [1.54, 1.807) is 62.6 Å². The third kappa shape index (κ3) is 3.83. The molecule has 0 saturated carbocycles. The summed E-state index contributed by atoms with van der Waals surface area (Å²) >= 11 is 5.81. The molecule has 0 bridgehead atoms. The Labute approximate surface area is 128 Å². The Morgan fingerprint density at radius 3 is 2.29 bits per heavy atom. The molecule has 2 aromatic rings. The van der Waals surface area contributed by atoms with Gasteiger partial charge >= 0.3 is 6.03 Å². The number of hydrogen-bond acceptors (Lipinski definition) is 2. The van der Waals surface area contributed by atoms with Crippen molar-refractivity contribution >= 4 is 29.1 Å². The summed E-state index contributed by atoms with van der Waals surface area (Å²) in [6.45, 7) is 0. The molecule has 4 nitrogen and oxygen atoms in total. The van der Waals surface area contributed by atoms with E-state index in [0.29, 0.717) is 21.8 Å². The van der Waals surface area contributed by atoms with Crippen LogP contribution in [-0.4, -0.2) is 30.8 Å². The monoisotopic (exact) mass is 302 g/mol. The Morgan fingerprint density at radius 2 is 1.67 bits per heavy atom. The molecule has 108 valence electrons. The van der Waals surface area contributed by atoms with Gasteiger partial charge in [0.15, 0.2) is 5.78 Å². The standard InChI is InChI=1S/C16H15ClN2O2/c1-19(2)16(21)18-14-5-3-4-12(10-14)15(20)11-6-8-13(17)9-7-11/h3-10H,1-2H3,(H,18,21). The van der Waals surface area contributed by atoms with Gasteiger partial charge in [0.05, 0.1) is 0 Å². The normalized spacial score (nSPS) is 10.0. The molecule has 2 rings (SSSR count). The number of carbonyl (C=O) groups is 2. The van der Waals surface area contributed by atoms with E-state index in [2.05, 4.69) is 5.32 Å². The Bertz CT molecular complexity index is 666. The Balaban J connectivity index is 2.22. The Hall–Kier alpha value is -2.33. The Kier molecular flexibility index (Phi) is 4.60. The maximum Gasteiger partial charge on any atom is 0.321 e. The summed E-state index contributed by atoms with van der Waals surface area (Å²) in [6, 6.07) is 13.3. The minimum absolute atomic E-state index is 0.118. The van der Waals surface area contributed by atoms with Crippen molar-refractivity contribution in [2.75, 3.05) is 19.4 Å². The largest absolute Gasteiger partial charge is 0.331 e. The summed E-state index contributed by atoms with van der Waals surface area (Å²) in [5, 5.41) is 3.29. The molecule has 0 heterocycles. The topological polar surface area (TPSA) is 49.4 Å². The third-order valence-corrected chi connectivity index (χ3v) is 3.14. The number of benzene rings is 2. The predicted molar refractivity (Wildman–Crippen MR) is 84.0 cm³/mol. The molecule has 2 amide bonds. The molecule has 0 aliphatic rings. The van der Waals surface area contributed by atoms with Crippen molar-refractivity contribution in [2.24, 2.45) is 0 Å². The zero-order chi connectivity index (χ0) is 15.4. The van der Waals surface area contributed by atoms with Gasteiger partial charge in [-0.1, -0.05) is 23.7 Å². The van der Waals surface area contributed by atoms with E-state index in [9.17, 15) is 9.59 Å². The summed E-state index contributed by atoms with van der Waals surface area (Å²) in [5.74, 6) is -0.118. The second-order valence-electron chi connectivity index (χ2n) is 4.74. The van der Waals surface area contributed by atoms with Crippen LogP contribution in [0.15, 0.2) is 48.5 Å². The van der Waals surface area contributed by atoms with Crippen molar-refractivity contribution in [2.45, 2.75) is 0 Å². The molecule has 0 unspecified atom stereocenters. The first-order chi connectivity index (χ1) is 9.97. The molecule has 1 N–H and O–H groups in total. The van der Waals surface area contributed by atoms with Crippen LogP contribution in [0.5, 0.6) is 0 Å². The quantitative estimate of drug-likeness (QED) is 0.880. The maximum atomic E-state index is 12.4. The molecule has 0 spiro atoms. The molecule has 5 heteroatoms. The first-order valence-corrected chi connectivity index (χ1v) is 6.74. The molecule has 0 aromatic heterocycles. The van der Waals surface area contributed by atoms with Gasteiger partial charge in [-0.3, -0.25) is 4.79 Å². The molecule has 21 heavy (non-hydrogen) atoms. The SMILES string of the molecule is CN(C)C(=O)Nc1cccc(C(=O)c2ccc(Cl)cc2)c1. The van der Waals surface area contributed by atoms with E-state index >= 15 is 0 Å². The molecule has 0 aliphatic heterocycles. The molecular formula is C16H15ClN2O2. The number of halogens is 1. The molecule has 0 atom stereocenters. The molecule has 2 aromatic carbocycles. The zero-order valence-electron chi connectivity index (χ0n) is 11.8. The van der Waals surface area contributed by atoms with Gasteiger partial charge in [0.2, 0.25) is 0 Å². The lowest BCUT2D eigenvalue weighted by Gasteiger charge is -2.12. The van der Waals surface area contributed by atoms with Crippen LogP contribution < -0.4 is 5.32 Å². The van der Waals surface area contributed by atoms with Crippen molar-refractivity contribution in [1.82, 2.24) is 4.90 Å². The van der Waals surface area contributed by atoms with E-state index in [1.165, 1.54) is 4.90 Å². The summed E-state index contributed by atoms with van der Waals surface area (Å²) in [7, 11) is 3.30. The average molecular weight is 303 g/mol. The number of anilines is 1. The highest BCUT2D eigenvalue weighted by Crippen LogP contribution is 2.17. The van der Waals surface area contributed by atoms with Gasteiger partial charge in [-0.2, -0.15) is 0 Å². The fraction of sp³-hybridized carbons (Fsp3) is 0.125. The van der Waals surface area contributed by atoms with Crippen molar-refractivity contribution in [3.05, 3.63) is 64.7 Å². The van der Waals surface area contributed by atoms with Crippen LogP contribution in [0.3, 0.4) is 0 Å². The van der Waals surface area contributed by atoms with Crippen molar-refractivity contribution in [1.29, 1.82) is 0 Å². The van der Waals surface area contributed by atoms with Gasteiger partial charge in [0.1, 0.15) is 0 Å². The van der Waals surface area contributed by atoms with E-state index in [1.807, 2.05) is 0 Å². The van der Waals surface area contributed by atoms with Gasteiger partial charge in [-0.05, 0) is 36.4 Å². The fourth-order valence-corrected chi connectivity index (χ4v) is 1.87. The number of rotatable bonds is 3. The lowest BCUT2D eigenvalue weighted by molar-refractivity contribution is 0.103. The highest BCUT2D eigenvalue weighted by atomic mass is 35.5. The zero-order valence-corrected chi connectivity index (χ0v) is 12.5. The molecule has 0 radical (unpaired) electrons. The molecular weight excluding hydrogens is 288 g/mol. The minimum Gasteiger partial charge on any atom is -0.331 e. The maximum absolute atomic E-state index is 12.4. The van der Waals surface area contributed by atoms with Crippen LogP contribution in [0.25, 0.3) is 0 Å². The van der Waals surface area contributed by atoms with Crippen molar-refractivity contribution < 1.29 is 9.59 Å². The van der Waals surface area contributed by atoms with E-state index in [-0.39, 0.29) is 11.8 Å². The number of nitrogens with zero attached hydrogens (tertiary/aromatic N) is 1. The number of nitrogens with one attached hydrogen (secondary N) is 1. The first kappa shape index (κ1) is 15.1. The van der Waals surface area contributed by atoms with Crippen LogP contribution in [0.2, 0.25) is 5.02 Å². The van der Waals surface area contributed by atoms with E-state index in [0.717, 1.165) is 0 Å². The van der Waals surface area contributed by atoms with Crippen LogP contribution >= 0.6 is 11.6 Å². The number of urea groups is 1. The van der Waals surface area contributed by atoms with Crippen LogP contribution in [-0.2, 0) is 0 Å². The highest BCUT2D eigenvalue weighted by molar-refractivity contribution is 6.30. The van der Waals surface area contributed by atoms with Crippen LogP contribution in [0.4, 0.5) is 10.5 Å². The van der Waals surface area contributed by atoms with Gasteiger partial charge in [0, 0.05) is 35.9 Å². The second kappa shape index (κ2) is 6.41. The van der Waals surface area contributed by atoms with Gasteiger partial charge in [-0.15, -0.1) is 0 Å². The second-order valence-corrected chi connectivity index (χ2v) is 5.18. The van der Waals surface area contributed by atoms with Crippen molar-refractivity contribution in [3.8, 4) is 0 Å². The first-order valence-electron chi connectivity index (χ1n) is 6.36. The third-order valence-electron chi connectivity index (χ3n) is 2.89. The number of ketones is 1. The van der Waals surface area contributed by atoms with E-state index < -0.39 is 0 Å². The number of carbonyl (C=O) groups excluding carboxylic acids is 2. The average Bonchev–Trinajstić information content (AvgIpc) is 2.47. The highest BCUT2D eigenvalue weighted by Gasteiger charge is 2.11. The summed E-state index contributed by atoms with van der Waals surface area (Å²) in [6.07, 6.45) is 0. The van der Waals surface area contributed by atoms with Gasteiger partial charge in [-0.25, -0.2) is 4.79 Å². The van der Waals surface area contributed by atoms with Crippen LogP contribution in [0, 0.1) is 0 Å². The smallest absolute Gasteiger partial charge is 0.321 e. The Morgan fingerprint density at radius 1 is 1.00 bits per heavy atom. The van der Waals surface area contributed by atoms with Gasteiger partial charge in [0.25, 0.3) is 0 Å². The molecule has 0 aliphatic carbocycles. The predicted octanol–water partition coefficient (Wildman–Crippen LogP) is 3.66.